The Bertz CT molecular complexity index is 502. The Morgan fingerprint density at radius 2 is 2.21 bits per heavy atom. The van der Waals surface area contributed by atoms with Gasteiger partial charge in [-0.2, -0.15) is 0 Å². The van der Waals surface area contributed by atoms with Gasteiger partial charge < -0.3 is 20.9 Å². The first kappa shape index (κ1) is 13.4. The first-order valence-electron chi connectivity index (χ1n) is 6.17. The number of hydrogen-bond acceptors (Lipinski definition) is 4. The van der Waals surface area contributed by atoms with Crippen molar-refractivity contribution < 1.29 is 15.1 Å². The van der Waals surface area contributed by atoms with Crippen molar-refractivity contribution in [1.29, 1.82) is 0 Å². The zero-order valence-electron chi connectivity index (χ0n) is 10.5. The fourth-order valence-corrected chi connectivity index (χ4v) is 2.33. The van der Waals surface area contributed by atoms with Crippen molar-refractivity contribution in [3.8, 4) is 0 Å². The molecule has 0 saturated carbocycles. The Morgan fingerprint density at radius 3 is 2.89 bits per heavy atom. The van der Waals surface area contributed by atoms with E-state index >= 15 is 0 Å². The van der Waals surface area contributed by atoms with Crippen molar-refractivity contribution in [1.82, 2.24) is 4.90 Å². The summed E-state index contributed by atoms with van der Waals surface area (Å²) in [4.78, 5) is 14.0. The van der Waals surface area contributed by atoms with Crippen LogP contribution in [0, 0.1) is 0 Å². The van der Waals surface area contributed by atoms with Crippen LogP contribution in [0.1, 0.15) is 28.8 Å². The minimum atomic E-state index is -0.135. The van der Waals surface area contributed by atoms with Crippen LogP contribution < -0.4 is 5.73 Å². The Labute approximate surface area is 111 Å². The van der Waals surface area contributed by atoms with E-state index in [4.69, 9.17) is 10.9 Å². The molecule has 4 N–H and O–H groups in total. The molecule has 1 aromatic carbocycles. The van der Waals surface area contributed by atoms with E-state index < -0.39 is 0 Å². The molecule has 1 heterocycles. The van der Waals surface area contributed by atoms with Crippen molar-refractivity contribution in [2.24, 2.45) is 10.9 Å². The van der Waals surface area contributed by atoms with Gasteiger partial charge in [-0.25, -0.2) is 0 Å². The van der Waals surface area contributed by atoms with E-state index in [-0.39, 0.29) is 24.4 Å². The second kappa shape index (κ2) is 5.71. The monoisotopic (exact) mass is 263 g/mol. The fourth-order valence-electron chi connectivity index (χ4n) is 2.33. The molecule has 1 atom stereocenters. The molecule has 0 radical (unpaired) electrons. The van der Waals surface area contributed by atoms with Gasteiger partial charge in [-0.1, -0.05) is 17.3 Å². The number of amidine groups is 1. The number of benzene rings is 1. The van der Waals surface area contributed by atoms with Gasteiger partial charge >= 0.3 is 0 Å². The highest BCUT2D eigenvalue weighted by molar-refractivity contribution is 6.01. The number of likely N-dealkylation sites (tertiary alicyclic amines) is 1. The maximum atomic E-state index is 12.4. The van der Waals surface area contributed by atoms with Crippen LogP contribution in [0.3, 0.4) is 0 Å². The minimum Gasteiger partial charge on any atom is -0.409 e. The van der Waals surface area contributed by atoms with Crippen LogP contribution in [0.2, 0.25) is 0 Å². The molecule has 6 heteroatoms. The van der Waals surface area contributed by atoms with Gasteiger partial charge in [-0.3, -0.25) is 4.79 Å². The number of carbonyl (C=O) groups is 1. The van der Waals surface area contributed by atoms with Gasteiger partial charge in [0.15, 0.2) is 5.84 Å². The van der Waals surface area contributed by atoms with E-state index in [0.29, 0.717) is 17.7 Å². The van der Waals surface area contributed by atoms with Gasteiger partial charge in [0.2, 0.25) is 0 Å². The quantitative estimate of drug-likeness (QED) is 0.318. The molecule has 1 fully saturated rings. The SMILES string of the molecule is NC(=NO)c1cccc(C(=O)N2CCCC2CO)c1. The number of aliphatic hydroxyl groups excluding tert-OH is 1. The number of aliphatic hydroxyl groups is 1. The van der Waals surface area contributed by atoms with Crippen LogP contribution in [0.15, 0.2) is 29.4 Å². The highest BCUT2D eigenvalue weighted by Crippen LogP contribution is 2.20. The summed E-state index contributed by atoms with van der Waals surface area (Å²) in [6, 6.07) is 6.51. The van der Waals surface area contributed by atoms with Crippen molar-refractivity contribution in [3.05, 3.63) is 35.4 Å². The lowest BCUT2D eigenvalue weighted by molar-refractivity contribution is 0.0677. The third-order valence-electron chi connectivity index (χ3n) is 3.36. The average molecular weight is 263 g/mol. The number of nitrogens with zero attached hydrogens (tertiary/aromatic N) is 2. The van der Waals surface area contributed by atoms with Crippen LogP contribution in [0.4, 0.5) is 0 Å². The topological polar surface area (TPSA) is 99.2 Å². The molecule has 102 valence electrons. The summed E-state index contributed by atoms with van der Waals surface area (Å²) >= 11 is 0. The van der Waals surface area contributed by atoms with Crippen LogP contribution in [-0.2, 0) is 0 Å². The van der Waals surface area contributed by atoms with E-state index in [1.54, 1.807) is 29.2 Å². The predicted octanol–water partition coefficient (Wildman–Crippen LogP) is 0.378. The van der Waals surface area contributed by atoms with E-state index in [9.17, 15) is 9.90 Å². The van der Waals surface area contributed by atoms with Gasteiger partial charge in [-0.05, 0) is 25.0 Å². The van der Waals surface area contributed by atoms with Crippen molar-refractivity contribution >= 4 is 11.7 Å². The zero-order valence-corrected chi connectivity index (χ0v) is 10.5. The van der Waals surface area contributed by atoms with Crippen LogP contribution in [-0.4, -0.2) is 46.1 Å². The van der Waals surface area contributed by atoms with Gasteiger partial charge in [0.1, 0.15) is 0 Å². The van der Waals surface area contributed by atoms with Crippen molar-refractivity contribution in [2.75, 3.05) is 13.2 Å². The normalized spacial score (nSPS) is 19.7. The zero-order chi connectivity index (χ0) is 13.8. The highest BCUT2D eigenvalue weighted by atomic mass is 16.4. The lowest BCUT2D eigenvalue weighted by atomic mass is 10.1. The largest absolute Gasteiger partial charge is 0.409 e. The number of carbonyl (C=O) groups excluding carboxylic acids is 1. The van der Waals surface area contributed by atoms with Gasteiger partial charge in [0, 0.05) is 17.7 Å². The lowest BCUT2D eigenvalue weighted by Gasteiger charge is -2.23. The molecule has 1 amide bonds. The van der Waals surface area contributed by atoms with Crippen LogP contribution in [0.25, 0.3) is 0 Å². The molecular formula is C13H17N3O3. The van der Waals surface area contributed by atoms with Crippen molar-refractivity contribution in [3.63, 3.8) is 0 Å². The van der Waals surface area contributed by atoms with E-state index in [2.05, 4.69) is 5.16 Å². The summed E-state index contributed by atoms with van der Waals surface area (Å²) in [5, 5.41) is 20.8. The Kier molecular flexibility index (Phi) is 4.01. The highest BCUT2D eigenvalue weighted by Gasteiger charge is 2.28. The fraction of sp³-hybridized carbons (Fsp3) is 0.385. The van der Waals surface area contributed by atoms with Gasteiger partial charge in [0.05, 0.1) is 12.6 Å². The summed E-state index contributed by atoms with van der Waals surface area (Å²) in [5.74, 6) is -0.168. The standard InChI is InChI=1S/C13H17N3O3/c14-12(15-19)9-3-1-4-10(7-9)13(18)16-6-2-5-11(16)8-17/h1,3-4,7,11,17,19H,2,5-6,8H2,(H2,14,15). The smallest absolute Gasteiger partial charge is 0.254 e. The van der Waals surface area contributed by atoms with E-state index in [1.807, 2.05) is 0 Å². The number of hydrogen-bond donors (Lipinski definition) is 3. The predicted molar refractivity (Wildman–Crippen MR) is 70.1 cm³/mol. The molecule has 1 aliphatic rings. The van der Waals surface area contributed by atoms with E-state index in [0.717, 1.165) is 12.8 Å². The first-order valence-corrected chi connectivity index (χ1v) is 6.17. The summed E-state index contributed by atoms with van der Waals surface area (Å²) in [6.45, 7) is 0.628. The molecule has 2 rings (SSSR count). The molecule has 1 aliphatic heterocycles. The molecule has 1 saturated heterocycles. The third-order valence-corrected chi connectivity index (χ3v) is 3.36. The second-order valence-corrected chi connectivity index (χ2v) is 4.54. The second-order valence-electron chi connectivity index (χ2n) is 4.54. The van der Waals surface area contributed by atoms with Gasteiger partial charge in [0.25, 0.3) is 5.91 Å². The summed E-state index contributed by atoms with van der Waals surface area (Å²) in [6.07, 6.45) is 1.72. The summed E-state index contributed by atoms with van der Waals surface area (Å²) in [7, 11) is 0. The van der Waals surface area contributed by atoms with Crippen molar-refractivity contribution in [2.45, 2.75) is 18.9 Å². The molecule has 0 aromatic heterocycles. The van der Waals surface area contributed by atoms with E-state index in [1.165, 1.54) is 0 Å². The molecule has 0 spiro atoms. The maximum Gasteiger partial charge on any atom is 0.254 e. The summed E-state index contributed by atoms with van der Waals surface area (Å²) in [5.41, 5.74) is 6.48. The summed E-state index contributed by atoms with van der Waals surface area (Å²) < 4.78 is 0. The third kappa shape index (κ3) is 2.68. The number of amides is 1. The number of nitrogens with two attached hydrogens (primary N) is 1. The van der Waals surface area contributed by atoms with Crippen LogP contribution >= 0.6 is 0 Å². The Morgan fingerprint density at radius 1 is 1.47 bits per heavy atom. The lowest BCUT2D eigenvalue weighted by Crippen LogP contribution is -2.37. The molecule has 1 aromatic rings. The number of oxime groups is 1. The Balaban J connectivity index is 2.24. The maximum absolute atomic E-state index is 12.4. The average Bonchev–Trinajstić information content (AvgIpc) is 2.94. The molecule has 0 bridgehead atoms. The first-order chi connectivity index (χ1) is 9.17. The van der Waals surface area contributed by atoms with Gasteiger partial charge in [-0.15, -0.1) is 0 Å². The molecular weight excluding hydrogens is 246 g/mol. The molecule has 6 nitrogen and oxygen atoms in total. The minimum absolute atomic E-state index is 0.0222. The molecule has 1 unspecified atom stereocenters. The Hall–Kier alpha value is -2.08. The number of rotatable bonds is 3. The van der Waals surface area contributed by atoms with Crippen LogP contribution in [0.5, 0.6) is 0 Å². The molecule has 0 aliphatic carbocycles. The molecule has 19 heavy (non-hydrogen) atoms.